The summed E-state index contributed by atoms with van der Waals surface area (Å²) >= 11 is 0. The van der Waals surface area contributed by atoms with Crippen molar-refractivity contribution in [2.45, 2.75) is 131 Å². The van der Waals surface area contributed by atoms with Crippen LogP contribution >= 0.6 is 0 Å². The Balaban J connectivity index is 0.00000848. The van der Waals surface area contributed by atoms with Gasteiger partial charge in [-0.3, -0.25) is 4.57 Å². The van der Waals surface area contributed by atoms with Crippen molar-refractivity contribution in [1.29, 1.82) is 0 Å². The molecule has 0 spiro atoms. The number of nitrogens with zero attached hydrogens (tertiary/aromatic N) is 4. The average Bonchev–Trinajstić information content (AvgIpc) is 1.45. The van der Waals surface area contributed by atoms with Crippen molar-refractivity contribution in [3.8, 4) is 84.3 Å². The van der Waals surface area contributed by atoms with Gasteiger partial charge < -0.3 is 13.9 Å². The largest absolute Gasteiger partial charge is 0.510 e. The Bertz CT molecular complexity index is 5090. The molecule has 0 unspecified atom stereocenters. The van der Waals surface area contributed by atoms with Crippen molar-refractivity contribution in [2.75, 3.05) is 0 Å². The van der Waals surface area contributed by atoms with Crippen molar-refractivity contribution in [3.63, 3.8) is 0 Å². The van der Waals surface area contributed by atoms with Crippen LogP contribution < -0.4 is 9.30 Å². The van der Waals surface area contributed by atoms with Gasteiger partial charge >= 0.3 is 0 Å². The van der Waals surface area contributed by atoms with E-state index in [1.165, 1.54) is 0 Å². The maximum atomic E-state index is 10.2. The molecule has 0 aliphatic carbocycles. The van der Waals surface area contributed by atoms with Crippen LogP contribution in [0.2, 0.25) is 0 Å². The molecule has 0 amide bonds. The van der Waals surface area contributed by atoms with Gasteiger partial charge in [0.1, 0.15) is 5.82 Å². The Hall–Kier alpha value is -8.11. The van der Waals surface area contributed by atoms with Gasteiger partial charge in [-0.2, -0.15) is 18.2 Å². The quantitative estimate of drug-likeness (QED) is 0.123. The molecule has 9 aromatic carbocycles. The van der Waals surface area contributed by atoms with Crippen LogP contribution in [0.1, 0.15) is 143 Å². The maximum Gasteiger partial charge on any atom is 0.268 e. The second-order valence-corrected chi connectivity index (χ2v) is 28.1. The molecule has 12 aromatic rings. The van der Waals surface area contributed by atoms with E-state index in [2.05, 4.69) is 212 Å². The molecule has 6 heteroatoms. The molecule has 1 aliphatic rings. The Labute approximate surface area is 534 Å². The van der Waals surface area contributed by atoms with E-state index in [-0.39, 0.29) is 77.1 Å². The molecule has 13 rings (SSSR count). The van der Waals surface area contributed by atoms with Crippen LogP contribution in [0, 0.1) is 18.5 Å². The number of imidazole rings is 1. The van der Waals surface area contributed by atoms with E-state index in [1.54, 1.807) is 0 Å². The second kappa shape index (κ2) is 21.1. The fraction of sp³-hybridized carbons (Fsp3) is 0.250. The van der Waals surface area contributed by atoms with Gasteiger partial charge in [0.2, 0.25) is 0 Å². The number of ether oxygens (including phenoxy) is 1. The standard InChI is InChI=1S/C80H76N4O.Pt/c1-76(2,3)53-33-31-50(32-34-53)67-44-57(80(13,14)15)45-69-64-28-19-17-26-62(64)61-25-16-18-27-63(61)68-41-52(51-39-55(78(7,8)9)43-56(40-51)79(10,11)12)42-72-75(68)83(74(67)69)49-82(72)58-23-22-24-59(47-58)85-60-35-36-66-65-29-20-21-30-70(65)84(71(66)48-60)73-46-54(37-38-81-73)77(4,5)6;/h16-46H,1-15H3;/q-2;/i16D,17D,18D,19D,25D,26D,27D,28D;. The van der Waals surface area contributed by atoms with E-state index in [1.807, 2.05) is 63.9 Å². The van der Waals surface area contributed by atoms with Crippen molar-refractivity contribution in [3.05, 3.63) is 234 Å². The summed E-state index contributed by atoms with van der Waals surface area (Å²) in [5, 5.41) is 2.04. The normalized spacial score (nSPS) is 14.0. The zero-order valence-corrected chi connectivity index (χ0v) is 54.1. The first-order chi connectivity index (χ1) is 43.6. The molecule has 0 saturated heterocycles. The Morgan fingerprint density at radius 3 is 1.63 bits per heavy atom. The van der Waals surface area contributed by atoms with Gasteiger partial charge in [-0.25, -0.2) is 4.98 Å². The van der Waals surface area contributed by atoms with Crippen LogP contribution in [0.3, 0.4) is 0 Å². The molecule has 0 bridgehead atoms. The summed E-state index contributed by atoms with van der Waals surface area (Å²) in [5.74, 6) is 1.59. The minimum Gasteiger partial charge on any atom is -0.510 e. The fourth-order valence-electron chi connectivity index (χ4n) is 11.8. The Morgan fingerprint density at radius 2 is 1.00 bits per heavy atom. The SMILES string of the molecule is [2H]c1c([2H])c([2H])c2c(c1[2H])-c1cc(C(C)(C)C)cc(-c3ccc(C(C)(C)C)cc3)c1-[n+]1[c-]n(-c3[c-]c(Oc4[c-]c5c(cc4)c4ccccc4n5-c4cc(C(C)(C)C)ccn4)ccc3)c3cc(-c4cc(C(C)(C)C)cc(C(C)(C)C)c4)cc(c31)-c1c([2H])c([2H])c([2H])c([2H])c1-2.[Pt]. The zero-order chi connectivity index (χ0) is 66.7. The first-order valence-corrected chi connectivity index (χ1v) is 29.4. The van der Waals surface area contributed by atoms with Crippen molar-refractivity contribution >= 4 is 32.8 Å². The summed E-state index contributed by atoms with van der Waals surface area (Å²) in [6.45, 7) is 32.6. The van der Waals surface area contributed by atoms with Crippen molar-refractivity contribution in [2.24, 2.45) is 0 Å². The third kappa shape index (κ3) is 10.4. The van der Waals surface area contributed by atoms with Crippen molar-refractivity contribution in [1.82, 2.24) is 14.1 Å². The summed E-state index contributed by atoms with van der Waals surface area (Å²) < 4.78 is 91.0. The van der Waals surface area contributed by atoms with Crippen LogP contribution in [-0.4, -0.2) is 14.1 Å². The number of para-hydroxylation sites is 1. The van der Waals surface area contributed by atoms with Gasteiger partial charge in [0.05, 0.1) is 27.7 Å². The molecule has 434 valence electrons. The van der Waals surface area contributed by atoms with Gasteiger partial charge in [0.25, 0.3) is 6.33 Å². The minimum atomic E-state index is -0.535. The number of hydrogen-bond donors (Lipinski definition) is 0. The monoisotopic (exact) mass is 1310 g/mol. The fourth-order valence-corrected chi connectivity index (χ4v) is 11.8. The van der Waals surface area contributed by atoms with Crippen LogP contribution in [0.4, 0.5) is 0 Å². The van der Waals surface area contributed by atoms with Gasteiger partial charge in [-0.15, -0.1) is 29.7 Å². The first kappa shape index (κ1) is 49.1. The molecule has 1 aliphatic heterocycles. The topological polar surface area (TPSA) is 35.9 Å². The van der Waals surface area contributed by atoms with Crippen LogP contribution in [0.15, 0.2) is 188 Å². The van der Waals surface area contributed by atoms with Gasteiger partial charge in [0.15, 0.2) is 0 Å². The van der Waals surface area contributed by atoms with Gasteiger partial charge in [-0.1, -0.05) is 237 Å². The van der Waals surface area contributed by atoms with Crippen LogP contribution in [0.25, 0.3) is 106 Å². The van der Waals surface area contributed by atoms with E-state index < -0.39 is 41.7 Å². The molecular weight excluding hydrogens is 1230 g/mol. The molecule has 3 aromatic heterocycles. The Morgan fingerprint density at radius 1 is 0.442 bits per heavy atom. The summed E-state index contributed by atoms with van der Waals surface area (Å²) in [4.78, 5) is 4.91. The second-order valence-electron chi connectivity index (χ2n) is 28.1. The van der Waals surface area contributed by atoms with Crippen LogP contribution in [-0.2, 0) is 48.1 Å². The molecular formula is C80H76N4OPt-2. The van der Waals surface area contributed by atoms with E-state index in [0.717, 1.165) is 77.7 Å². The zero-order valence-electron chi connectivity index (χ0n) is 59.8. The Kier molecular flexibility index (Phi) is 12.0. The molecule has 4 heterocycles. The molecule has 5 nitrogen and oxygen atoms in total. The molecule has 0 N–H and O–H groups in total. The van der Waals surface area contributed by atoms with Crippen LogP contribution in [0.5, 0.6) is 11.5 Å². The van der Waals surface area contributed by atoms with E-state index in [4.69, 9.17) is 9.72 Å². The summed E-state index contributed by atoms with van der Waals surface area (Å²) in [5.41, 5.74) is 11.9. The number of rotatable bonds is 6. The number of aromatic nitrogens is 4. The maximum absolute atomic E-state index is 10.2. The van der Waals surface area contributed by atoms with Crippen molar-refractivity contribution < 1.29 is 41.3 Å². The smallest absolute Gasteiger partial charge is 0.268 e. The number of pyridine rings is 1. The molecule has 0 fully saturated rings. The number of fused-ring (bicyclic) bond motifs is 10. The van der Waals surface area contributed by atoms with E-state index in [0.29, 0.717) is 45.0 Å². The third-order valence-electron chi connectivity index (χ3n) is 16.8. The number of hydrogen-bond acceptors (Lipinski definition) is 2. The van der Waals surface area contributed by atoms with Gasteiger partial charge in [0, 0.05) is 44.3 Å². The van der Waals surface area contributed by atoms with Gasteiger partial charge in [-0.05, 0) is 146 Å². The average molecular weight is 1310 g/mol. The third-order valence-corrected chi connectivity index (χ3v) is 16.8. The van der Waals surface area contributed by atoms with E-state index >= 15 is 0 Å². The summed E-state index contributed by atoms with van der Waals surface area (Å²) in [6.07, 6.45) is 5.71. The molecule has 86 heavy (non-hydrogen) atoms. The number of benzene rings is 9. The molecule has 0 atom stereocenters. The molecule has 0 saturated carbocycles. The molecule has 0 radical (unpaired) electrons. The predicted octanol–water partition coefficient (Wildman–Crippen LogP) is 20.7. The first-order valence-electron chi connectivity index (χ1n) is 33.4. The minimum absolute atomic E-state index is 0. The predicted molar refractivity (Wildman–Crippen MR) is 354 cm³/mol. The summed E-state index contributed by atoms with van der Waals surface area (Å²) in [7, 11) is 0. The summed E-state index contributed by atoms with van der Waals surface area (Å²) in [6, 6.07) is 49.2. The van der Waals surface area contributed by atoms with E-state index in [9.17, 15) is 11.0 Å².